The van der Waals surface area contributed by atoms with Crippen molar-refractivity contribution in [2.75, 3.05) is 19.8 Å². The van der Waals surface area contributed by atoms with Gasteiger partial charge in [0.15, 0.2) is 0 Å². The van der Waals surface area contributed by atoms with Crippen molar-refractivity contribution in [1.29, 1.82) is 0 Å². The van der Waals surface area contributed by atoms with Gasteiger partial charge >= 0.3 is 6.18 Å². The Hall–Kier alpha value is -1.77. The van der Waals surface area contributed by atoms with E-state index < -0.39 is 42.1 Å². The van der Waals surface area contributed by atoms with Gasteiger partial charge in [0, 0.05) is 6.54 Å². The molecule has 0 aliphatic rings. The van der Waals surface area contributed by atoms with Gasteiger partial charge in [-0.3, -0.25) is 4.79 Å². The van der Waals surface area contributed by atoms with Gasteiger partial charge in [0.1, 0.15) is 12.4 Å². The highest BCUT2D eigenvalue weighted by molar-refractivity contribution is 5.94. The molecule has 1 rings (SSSR count). The molecule has 0 unspecified atom stereocenters. The first-order valence-electron chi connectivity index (χ1n) is 5.72. The summed E-state index contributed by atoms with van der Waals surface area (Å²) in [6.45, 7) is -1.33. The Morgan fingerprint density at radius 1 is 1.29 bits per heavy atom. The van der Waals surface area contributed by atoms with Gasteiger partial charge in [-0.25, -0.2) is 13.2 Å². The van der Waals surface area contributed by atoms with Gasteiger partial charge in [-0.1, -0.05) is 0 Å². The second-order valence-corrected chi connectivity index (χ2v) is 3.91. The van der Waals surface area contributed by atoms with Crippen LogP contribution in [0.3, 0.4) is 0 Å². The van der Waals surface area contributed by atoms with Crippen LogP contribution in [0.4, 0.5) is 26.3 Å². The maximum Gasteiger partial charge on any atom is 0.416 e. The van der Waals surface area contributed by atoms with E-state index in [1.165, 1.54) is 0 Å². The normalized spacial score (nSPS) is 11.8. The molecule has 1 aromatic carbocycles. The molecule has 0 fully saturated rings. The molecule has 0 bridgehead atoms. The van der Waals surface area contributed by atoms with Crippen molar-refractivity contribution in [1.82, 2.24) is 5.32 Å². The van der Waals surface area contributed by atoms with Crippen LogP contribution in [0.25, 0.3) is 0 Å². The number of halogens is 6. The van der Waals surface area contributed by atoms with Crippen molar-refractivity contribution in [3.05, 3.63) is 35.1 Å². The highest BCUT2D eigenvalue weighted by atomic mass is 19.4. The lowest BCUT2D eigenvalue weighted by Gasteiger charge is -2.10. The third-order valence-electron chi connectivity index (χ3n) is 2.31. The van der Waals surface area contributed by atoms with Crippen LogP contribution >= 0.6 is 0 Å². The predicted molar refractivity (Wildman–Crippen MR) is 60.6 cm³/mol. The molecule has 0 aliphatic heterocycles. The second kappa shape index (κ2) is 7.30. The maximum absolute atomic E-state index is 13.3. The van der Waals surface area contributed by atoms with Crippen LogP contribution in [-0.2, 0) is 10.9 Å². The summed E-state index contributed by atoms with van der Waals surface area (Å²) in [7, 11) is 0. The van der Waals surface area contributed by atoms with Gasteiger partial charge in [0.25, 0.3) is 12.3 Å². The number of carbonyl (C=O) groups is 1. The van der Waals surface area contributed by atoms with Crippen molar-refractivity contribution in [3.8, 4) is 0 Å². The van der Waals surface area contributed by atoms with Crippen molar-refractivity contribution in [2.24, 2.45) is 0 Å². The molecule has 0 saturated heterocycles. The highest BCUT2D eigenvalue weighted by Gasteiger charge is 2.31. The van der Waals surface area contributed by atoms with Gasteiger partial charge in [0.2, 0.25) is 0 Å². The van der Waals surface area contributed by atoms with Gasteiger partial charge in [-0.05, 0) is 18.2 Å². The number of ether oxygens (including phenoxy) is 1. The van der Waals surface area contributed by atoms with E-state index in [9.17, 15) is 31.1 Å². The zero-order valence-corrected chi connectivity index (χ0v) is 10.5. The van der Waals surface area contributed by atoms with Crippen LogP contribution in [0.1, 0.15) is 15.9 Å². The van der Waals surface area contributed by atoms with Gasteiger partial charge in [0.05, 0.1) is 17.7 Å². The van der Waals surface area contributed by atoms with E-state index in [-0.39, 0.29) is 13.2 Å². The number of carbonyl (C=O) groups excluding carboxylic acids is 1. The molecule has 0 spiro atoms. The van der Waals surface area contributed by atoms with Gasteiger partial charge in [-0.2, -0.15) is 13.2 Å². The fourth-order valence-electron chi connectivity index (χ4n) is 1.38. The molecule has 1 amide bonds. The van der Waals surface area contributed by atoms with E-state index in [0.717, 1.165) is 0 Å². The molecule has 0 aromatic heterocycles. The molecule has 0 radical (unpaired) electrons. The van der Waals surface area contributed by atoms with Crippen LogP contribution in [0.15, 0.2) is 18.2 Å². The van der Waals surface area contributed by atoms with Crippen molar-refractivity contribution >= 4 is 5.91 Å². The van der Waals surface area contributed by atoms with E-state index >= 15 is 0 Å². The first-order valence-corrected chi connectivity index (χ1v) is 5.72. The fourth-order valence-corrected chi connectivity index (χ4v) is 1.38. The Morgan fingerprint density at radius 2 is 1.95 bits per heavy atom. The summed E-state index contributed by atoms with van der Waals surface area (Å²) in [5, 5.41) is 2.08. The maximum atomic E-state index is 13.3. The number of nitrogens with one attached hydrogen (secondary N) is 1. The van der Waals surface area contributed by atoms with E-state index in [0.29, 0.717) is 18.2 Å². The molecule has 0 saturated carbocycles. The zero-order valence-electron chi connectivity index (χ0n) is 10.5. The largest absolute Gasteiger partial charge is 0.416 e. The topological polar surface area (TPSA) is 38.3 Å². The Bertz CT molecular complexity index is 489. The van der Waals surface area contributed by atoms with Crippen LogP contribution in [-0.4, -0.2) is 32.1 Å². The molecular formula is C12H11F6NO2. The summed E-state index contributed by atoms with van der Waals surface area (Å²) in [6.07, 6.45) is -7.37. The predicted octanol–water partition coefficient (Wildman–Crippen LogP) is 2.86. The van der Waals surface area contributed by atoms with E-state index in [1.54, 1.807) is 0 Å². The fraction of sp³-hybridized carbons (Fsp3) is 0.417. The van der Waals surface area contributed by atoms with Crippen molar-refractivity contribution in [3.63, 3.8) is 0 Å². The van der Waals surface area contributed by atoms with Crippen LogP contribution in [0.5, 0.6) is 0 Å². The van der Waals surface area contributed by atoms with Crippen molar-refractivity contribution in [2.45, 2.75) is 12.6 Å². The Kier molecular flexibility index (Phi) is 6.01. The second-order valence-electron chi connectivity index (χ2n) is 3.91. The average molecular weight is 315 g/mol. The lowest BCUT2D eigenvalue weighted by Crippen LogP contribution is -2.28. The minimum Gasteiger partial charge on any atom is -0.374 e. The highest BCUT2D eigenvalue weighted by Crippen LogP contribution is 2.30. The Morgan fingerprint density at radius 3 is 2.52 bits per heavy atom. The van der Waals surface area contributed by atoms with Crippen LogP contribution in [0.2, 0.25) is 0 Å². The molecule has 1 aromatic rings. The standard InChI is InChI=1S/C12H11F6NO2/c13-9-2-1-7(12(16,17)18)5-8(9)11(20)19-3-4-21-6-10(14)15/h1-2,5,10H,3-4,6H2,(H,19,20). The third-order valence-corrected chi connectivity index (χ3v) is 2.31. The molecule has 0 aliphatic carbocycles. The summed E-state index contributed by atoms with van der Waals surface area (Å²) in [5.41, 5.74) is -1.94. The zero-order chi connectivity index (χ0) is 16.0. The molecule has 3 nitrogen and oxygen atoms in total. The van der Waals surface area contributed by atoms with Crippen LogP contribution in [0, 0.1) is 5.82 Å². The van der Waals surface area contributed by atoms with Gasteiger partial charge in [-0.15, -0.1) is 0 Å². The van der Waals surface area contributed by atoms with E-state index in [4.69, 9.17) is 0 Å². The van der Waals surface area contributed by atoms with E-state index in [2.05, 4.69) is 10.1 Å². The minimum absolute atomic E-state index is 0.235. The van der Waals surface area contributed by atoms with Crippen molar-refractivity contribution < 1.29 is 35.9 Å². The first-order chi connectivity index (χ1) is 9.71. The molecule has 0 atom stereocenters. The SMILES string of the molecule is O=C(NCCOCC(F)F)c1cc(C(F)(F)F)ccc1F. The molecule has 9 heteroatoms. The lowest BCUT2D eigenvalue weighted by atomic mass is 10.1. The number of benzene rings is 1. The number of alkyl halides is 5. The van der Waals surface area contributed by atoms with Gasteiger partial charge < -0.3 is 10.1 Å². The molecule has 118 valence electrons. The Labute approximate surface area is 115 Å². The van der Waals surface area contributed by atoms with Crippen LogP contribution < -0.4 is 5.32 Å². The Balaban J connectivity index is 2.61. The summed E-state index contributed by atoms with van der Waals surface area (Å²) in [5.74, 6) is -2.20. The minimum atomic E-state index is -4.71. The quantitative estimate of drug-likeness (QED) is 0.647. The summed E-state index contributed by atoms with van der Waals surface area (Å²) in [6, 6.07) is 1.42. The third kappa shape index (κ3) is 5.62. The average Bonchev–Trinajstić information content (AvgIpc) is 2.36. The first kappa shape index (κ1) is 17.3. The number of hydrogen-bond donors (Lipinski definition) is 1. The smallest absolute Gasteiger partial charge is 0.374 e. The molecule has 0 heterocycles. The summed E-state index contributed by atoms with van der Waals surface area (Å²) in [4.78, 5) is 11.5. The molecule has 21 heavy (non-hydrogen) atoms. The summed E-state index contributed by atoms with van der Waals surface area (Å²) < 4.78 is 78.6. The number of rotatable bonds is 6. The monoisotopic (exact) mass is 315 g/mol. The lowest BCUT2D eigenvalue weighted by molar-refractivity contribution is -0.137. The molecular weight excluding hydrogens is 304 g/mol. The summed E-state index contributed by atoms with van der Waals surface area (Å²) >= 11 is 0. The molecule has 1 N–H and O–H groups in total. The number of amides is 1. The van der Waals surface area contributed by atoms with E-state index in [1.807, 2.05) is 0 Å². The number of hydrogen-bond acceptors (Lipinski definition) is 2.